The second-order valence-electron chi connectivity index (χ2n) is 6.81. The Morgan fingerprint density at radius 1 is 1.11 bits per heavy atom. The zero-order valence-corrected chi connectivity index (χ0v) is 13.9. The van der Waals surface area contributed by atoms with Gasteiger partial charge in [0.15, 0.2) is 0 Å². The molecule has 0 aromatic carbocycles. The van der Waals surface area contributed by atoms with Crippen molar-refractivity contribution in [2.75, 3.05) is 39.8 Å². The molecule has 1 heterocycles. The van der Waals surface area contributed by atoms with Crippen LogP contribution in [0.5, 0.6) is 0 Å². The molecule has 1 saturated heterocycles. The summed E-state index contributed by atoms with van der Waals surface area (Å²) in [6.07, 6.45) is 1.26. The first-order chi connectivity index (χ1) is 8.95. The minimum Gasteiger partial charge on any atom is -0.316 e. The fourth-order valence-electron chi connectivity index (χ4n) is 2.91. The zero-order valence-electron chi connectivity index (χ0n) is 13.9. The molecule has 0 bridgehead atoms. The van der Waals surface area contributed by atoms with Crippen molar-refractivity contribution >= 4 is 0 Å². The summed E-state index contributed by atoms with van der Waals surface area (Å²) in [6.45, 7) is 17.6. The first kappa shape index (κ1) is 16.9. The molecule has 1 fully saturated rings. The average molecular weight is 269 g/mol. The summed E-state index contributed by atoms with van der Waals surface area (Å²) in [5.41, 5.74) is 0. The van der Waals surface area contributed by atoms with Gasteiger partial charge in [0.25, 0.3) is 0 Å². The van der Waals surface area contributed by atoms with E-state index in [1.807, 2.05) is 0 Å². The largest absolute Gasteiger partial charge is 0.316 e. The molecule has 3 nitrogen and oxygen atoms in total. The quantitative estimate of drug-likeness (QED) is 0.765. The molecular formula is C16H35N3. The van der Waals surface area contributed by atoms with Gasteiger partial charge in [-0.15, -0.1) is 0 Å². The monoisotopic (exact) mass is 269 g/mol. The van der Waals surface area contributed by atoms with E-state index in [0.29, 0.717) is 6.04 Å². The molecule has 0 aliphatic carbocycles. The van der Waals surface area contributed by atoms with Gasteiger partial charge in [-0.25, -0.2) is 0 Å². The van der Waals surface area contributed by atoms with Crippen LogP contribution in [0.1, 0.15) is 41.0 Å². The van der Waals surface area contributed by atoms with E-state index in [2.05, 4.69) is 56.8 Å². The number of likely N-dealkylation sites (N-methyl/N-ethyl adjacent to an activating group) is 1. The molecule has 3 heteroatoms. The van der Waals surface area contributed by atoms with Crippen molar-refractivity contribution in [1.29, 1.82) is 0 Å². The van der Waals surface area contributed by atoms with Crippen LogP contribution in [0.3, 0.4) is 0 Å². The lowest BCUT2D eigenvalue weighted by Crippen LogP contribution is -2.55. The van der Waals surface area contributed by atoms with Gasteiger partial charge in [0.1, 0.15) is 0 Å². The Morgan fingerprint density at radius 2 is 1.79 bits per heavy atom. The van der Waals surface area contributed by atoms with Crippen LogP contribution in [-0.2, 0) is 0 Å². The maximum atomic E-state index is 3.60. The molecule has 0 saturated carbocycles. The van der Waals surface area contributed by atoms with Crippen molar-refractivity contribution < 1.29 is 0 Å². The Kier molecular flexibility index (Phi) is 7.33. The van der Waals surface area contributed by atoms with Crippen molar-refractivity contribution in [3.8, 4) is 0 Å². The number of rotatable bonds is 7. The van der Waals surface area contributed by atoms with Gasteiger partial charge in [0.05, 0.1) is 0 Å². The fourth-order valence-corrected chi connectivity index (χ4v) is 2.91. The van der Waals surface area contributed by atoms with Gasteiger partial charge < -0.3 is 10.2 Å². The molecule has 19 heavy (non-hydrogen) atoms. The first-order valence-electron chi connectivity index (χ1n) is 8.10. The summed E-state index contributed by atoms with van der Waals surface area (Å²) in [5, 5.41) is 3.60. The maximum absolute atomic E-state index is 3.60. The second kappa shape index (κ2) is 8.23. The van der Waals surface area contributed by atoms with Crippen molar-refractivity contribution in [3.05, 3.63) is 0 Å². The lowest BCUT2D eigenvalue weighted by atomic mass is 9.99. The highest BCUT2D eigenvalue weighted by atomic mass is 15.3. The molecule has 1 N–H and O–H groups in total. The molecule has 0 radical (unpaired) electrons. The minimum atomic E-state index is 0.683. The SMILES string of the molecule is CCC1CN(C(C)C(C)CNCC(C)C)CCN1C. The number of piperazine rings is 1. The third kappa shape index (κ3) is 5.41. The van der Waals surface area contributed by atoms with Crippen molar-refractivity contribution in [1.82, 2.24) is 15.1 Å². The summed E-state index contributed by atoms with van der Waals surface area (Å²) in [5.74, 6) is 1.47. The molecule has 1 rings (SSSR count). The van der Waals surface area contributed by atoms with E-state index >= 15 is 0 Å². The molecule has 1 aliphatic rings. The molecule has 3 atom stereocenters. The number of hydrogen-bond acceptors (Lipinski definition) is 3. The Balaban J connectivity index is 2.37. The van der Waals surface area contributed by atoms with Crippen molar-refractivity contribution in [2.24, 2.45) is 11.8 Å². The maximum Gasteiger partial charge on any atom is 0.0218 e. The van der Waals surface area contributed by atoms with Crippen molar-refractivity contribution in [2.45, 2.75) is 53.1 Å². The van der Waals surface area contributed by atoms with Crippen LogP contribution in [0.25, 0.3) is 0 Å². The predicted molar refractivity (Wildman–Crippen MR) is 84.6 cm³/mol. The summed E-state index contributed by atoms with van der Waals surface area (Å²) in [6, 6.07) is 1.43. The van der Waals surface area contributed by atoms with Gasteiger partial charge in [-0.1, -0.05) is 27.7 Å². The van der Waals surface area contributed by atoms with E-state index < -0.39 is 0 Å². The van der Waals surface area contributed by atoms with E-state index in [1.54, 1.807) is 0 Å². The van der Waals surface area contributed by atoms with Gasteiger partial charge in [0.2, 0.25) is 0 Å². The van der Waals surface area contributed by atoms with Gasteiger partial charge in [-0.3, -0.25) is 4.90 Å². The van der Waals surface area contributed by atoms with Gasteiger partial charge >= 0.3 is 0 Å². The average Bonchev–Trinajstić information content (AvgIpc) is 2.38. The highest BCUT2D eigenvalue weighted by Crippen LogP contribution is 2.17. The third-order valence-corrected chi connectivity index (χ3v) is 4.70. The Bertz CT molecular complexity index is 242. The lowest BCUT2D eigenvalue weighted by molar-refractivity contribution is 0.0504. The molecule has 114 valence electrons. The normalized spacial score (nSPS) is 25.7. The van der Waals surface area contributed by atoms with Crippen LogP contribution in [-0.4, -0.2) is 61.7 Å². The van der Waals surface area contributed by atoms with E-state index in [9.17, 15) is 0 Å². The molecule has 3 unspecified atom stereocenters. The Labute approximate surface area is 120 Å². The molecular weight excluding hydrogens is 234 g/mol. The summed E-state index contributed by atoms with van der Waals surface area (Å²) >= 11 is 0. The van der Waals surface area contributed by atoms with Crippen LogP contribution in [0, 0.1) is 11.8 Å². The Morgan fingerprint density at radius 3 is 2.37 bits per heavy atom. The van der Waals surface area contributed by atoms with Gasteiger partial charge in [0, 0.05) is 31.7 Å². The molecule has 0 aromatic heterocycles. The van der Waals surface area contributed by atoms with Crippen LogP contribution in [0.2, 0.25) is 0 Å². The van der Waals surface area contributed by atoms with Crippen LogP contribution < -0.4 is 5.32 Å². The topological polar surface area (TPSA) is 18.5 Å². The highest BCUT2D eigenvalue weighted by Gasteiger charge is 2.28. The van der Waals surface area contributed by atoms with Gasteiger partial charge in [-0.05, 0) is 45.3 Å². The van der Waals surface area contributed by atoms with E-state index in [4.69, 9.17) is 0 Å². The predicted octanol–water partition coefficient (Wildman–Crippen LogP) is 2.28. The molecule has 0 spiro atoms. The minimum absolute atomic E-state index is 0.683. The van der Waals surface area contributed by atoms with E-state index in [1.165, 1.54) is 26.1 Å². The van der Waals surface area contributed by atoms with E-state index in [-0.39, 0.29) is 0 Å². The highest BCUT2D eigenvalue weighted by molar-refractivity contribution is 4.84. The fraction of sp³-hybridized carbons (Fsp3) is 1.00. The van der Waals surface area contributed by atoms with E-state index in [0.717, 1.165) is 31.0 Å². The lowest BCUT2D eigenvalue weighted by Gasteiger charge is -2.43. The zero-order chi connectivity index (χ0) is 14.4. The Hall–Kier alpha value is -0.120. The smallest absolute Gasteiger partial charge is 0.0218 e. The standard InChI is InChI=1S/C16H35N3/c1-7-16-12-19(9-8-18(16)6)15(5)14(4)11-17-10-13(2)3/h13-17H,7-12H2,1-6H3. The van der Waals surface area contributed by atoms with Crippen molar-refractivity contribution in [3.63, 3.8) is 0 Å². The van der Waals surface area contributed by atoms with Crippen LogP contribution in [0.4, 0.5) is 0 Å². The molecule has 0 amide bonds. The summed E-state index contributed by atoms with van der Waals surface area (Å²) < 4.78 is 0. The molecule has 0 aromatic rings. The van der Waals surface area contributed by atoms with Crippen LogP contribution >= 0.6 is 0 Å². The summed E-state index contributed by atoms with van der Waals surface area (Å²) in [4.78, 5) is 5.21. The summed E-state index contributed by atoms with van der Waals surface area (Å²) in [7, 11) is 2.27. The third-order valence-electron chi connectivity index (χ3n) is 4.70. The first-order valence-corrected chi connectivity index (χ1v) is 8.10. The number of nitrogens with zero attached hydrogens (tertiary/aromatic N) is 2. The van der Waals surface area contributed by atoms with Crippen LogP contribution in [0.15, 0.2) is 0 Å². The van der Waals surface area contributed by atoms with Gasteiger partial charge in [-0.2, -0.15) is 0 Å². The number of nitrogens with one attached hydrogen (secondary N) is 1. The second-order valence-corrected chi connectivity index (χ2v) is 6.81. The molecule has 1 aliphatic heterocycles. The number of hydrogen-bond donors (Lipinski definition) is 1.